The van der Waals surface area contributed by atoms with Gasteiger partial charge in [0, 0.05) is 50.2 Å². The molecule has 0 aliphatic carbocycles. The van der Waals surface area contributed by atoms with Gasteiger partial charge in [-0.2, -0.15) is 9.61 Å². The first-order chi connectivity index (χ1) is 17.7. The van der Waals surface area contributed by atoms with Gasteiger partial charge in [0.1, 0.15) is 23.8 Å². The van der Waals surface area contributed by atoms with Crippen LogP contribution in [0.25, 0.3) is 16.6 Å². The molecule has 3 aliphatic rings. The first-order valence-corrected chi connectivity index (χ1v) is 13.2. The van der Waals surface area contributed by atoms with Crippen molar-refractivity contribution in [2.75, 3.05) is 60.6 Å². The molecule has 3 aromatic heterocycles. The lowest BCUT2D eigenvalue weighted by atomic mass is 9.98. The summed E-state index contributed by atoms with van der Waals surface area (Å²) in [5.41, 5.74) is 4.19. The van der Waals surface area contributed by atoms with Gasteiger partial charge in [-0.3, -0.25) is 0 Å². The summed E-state index contributed by atoms with van der Waals surface area (Å²) in [6.07, 6.45) is 6.30. The number of ether oxygens (including phenoxy) is 1. The van der Waals surface area contributed by atoms with Crippen LogP contribution in [0.5, 0.6) is 0 Å². The van der Waals surface area contributed by atoms with Crippen molar-refractivity contribution in [2.45, 2.75) is 38.6 Å². The number of morpholine rings is 1. The molecule has 6 heterocycles. The fraction of sp³-hybridized carbons (Fsp3) is 0.481. The van der Waals surface area contributed by atoms with Gasteiger partial charge < -0.3 is 19.4 Å². The number of hydrogen-bond donors (Lipinski definition) is 0. The molecule has 0 spiro atoms. The van der Waals surface area contributed by atoms with E-state index in [9.17, 15) is 0 Å². The molecular weight excluding hydrogens is 452 g/mol. The predicted octanol–water partition coefficient (Wildman–Crippen LogP) is 3.76. The SMILES string of the molecule is Cc1ccc2ncnc(N3CCCCC3c3cc4nc(N5CCC5)cc(N5CCOCC5)n4n3)c2c1. The second kappa shape index (κ2) is 8.89. The Balaban J connectivity index is 1.33. The molecule has 0 radical (unpaired) electrons. The molecule has 1 unspecified atom stereocenters. The van der Waals surface area contributed by atoms with E-state index in [-0.39, 0.29) is 6.04 Å². The normalized spacial score (nSPS) is 20.8. The minimum absolute atomic E-state index is 0.157. The number of aromatic nitrogens is 5. The number of aryl methyl sites for hydroxylation is 1. The highest BCUT2D eigenvalue weighted by atomic mass is 16.5. The minimum atomic E-state index is 0.157. The Morgan fingerprint density at radius 2 is 1.78 bits per heavy atom. The molecule has 36 heavy (non-hydrogen) atoms. The van der Waals surface area contributed by atoms with Crippen molar-refractivity contribution in [2.24, 2.45) is 0 Å². The molecule has 9 nitrogen and oxygen atoms in total. The second-order valence-corrected chi connectivity index (χ2v) is 10.2. The summed E-state index contributed by atoms with van der Waals surface area (Å²) in [6.45, 7) is 8.46. The summed E-state index contributed by atoms with van der Waals surface area (Å²) in [7, 11) is 0. The Bertz CT molecular complexity index is 1410. The highest BCUT2D eigenvalue weighted by Crippen LogP contribution is 2.37. The zero-order valence-corrected chi connectivity index (χ0v) is 20.8. The molecule has 0 amide bonds. The lowest BCUT2D eigenvalue weighted by Gasteiger charge is -2.36. The molecule has 3 aliphatic heterocycles. The number of anilines is 3. The van der Waals surface area contributed by atoms with E-state index in [2.05, 4.69) is 61.5 Å². The van der Waals surface area contributed by atoms with Gasteiger partial charge in [0.15, 0.2) is 5.65 Å². The van der Waals surface area contributed by atoms with Crippen LogP contribution in [0.2, 0.25) is 0 Å². The van der Waals surface area contributed by atoms with Crippen LogP contribution in [0.15, 0.2) is 36.7 Å². The van der Waals surface area contributed by atoms with Gasteiger partial charge in [-0.1, -0.05) is 11.6 Å². The molecule has 9 heteroatoms. The van der Waals surface area contributed by atoms with Crippen LogP contribution in [-0.2, 0) is 4.74 Å². The summed E-state index contributed by atoms with van der Waals surface area (Å²) in [5, 5.41) is 6.31. The van der Waals surface area contributed by atoms with Crippen molar-refractivity contribution in [3.8, 4) is 0 Å². The summed E-state index contributed by atoms with van der Waals surface area (Å²) in [6, 6.07) is 11.0. The number of hydrogen-bond acceptors (Lipinski definition) is 8. The highest BCUT2D eigenvalue weighted by molar-refractivity contribution is 5.90. The molecule has 3 saturated heterocycles. The number of nitrogens with zero attached hydrogens (tertiary/aromatic N) is 8. The van der Waals surface area contributed by atoms with Crippen molar-refractivity contribution in [1.82, 2.24) is 24.6 Å². The molecule has 0 saturated carbocycles. The Hall–Kier alpha value is -3.46. The molecule has 3 fully saturated rings. The van der Waals surface area contributed by atoms with E-state index in [4.69, 9.17) is 19.8 Å². The third kappa shape index (κ3) is 3.73. The van der Waals surface area contributed by atoms with Crippen LogP contribution in [0.3, 0.4) is 0 Å². The fourth-order valence-corrected chi connectivity index (χ4v) is 5.73. The number of benzene rings is 1. The van der Waals surface area contributed by atoms with Crippen LogP contribution in [0, 0.1) is 6.92 Å². The first kappa shape index (κ1) is 21.8. The maximum absolute atomic E-state index is 5.63. The lowest BCUT2D eigenvalue weighted by molar-refractivity contribution is 0.122. The molecule has 186 valence electrons. The van der Waals surface area contributed by atoms with Crippen molar-refractivity contribution in [3.63, 3.8) is 0 Å². The van der Waals surface area contributed by atoms with E-state index in [0.29, 0.717) is 0 Å². The van der Waals surface area contributed by atoms with Crippen LogP contribution >= 0.6 is 0 Å². The standard InChI is InChI=1S/C27H32N8O/c1-19-6-7-21-20(15-19)27(29-18-28-21)34-10-3-2-5-23(34)22-16-25-30-24(32-8-4-9-32)17-26(35(25)31-22)33-11-13-36-14-12-33/h6-7,15-18,23H,2-5,8-14H2,1H3. The highest BCUT2D eigenvalue weighted by Gasteiger charge is 2.30. The zero-order valence-electron chi connectivity index (χ0n) is 20.8. The van der Waals surface area contributed by atoms with Crippen LogP contribution in [-0.4, -0.2) is 70.5 Å². The Morgan fingerprint density at radius 1 is 0.889 bits per heavy atom. The van der Waals surface area contributed by atoms with Crippen LogP contribution in [0.1, 0.15) is 43.0 Å². The number of rotatable bonds is 4. The molecular formula is C27H32N8O. The summed E-state index contributed by atoms with van der Waals surface area (Å²) in [4.78, 5) is 21.6. The Kier molecular flexibility index (Phi) is 5.38. The van der Waals surface area contributed by atoms with Gasteiger partial charge in [-0.05, 0) is 44.7 Å². The number of fused-ring (bicyclic) bond motifs is 2. The maximum atomic E-state index is 5.63. The van der Waals surface area contributed by atoms with Crippen molar-refractivity contribution in [3.05, 3.63) is 47.9 Å². The van der Waals surface area contributed by atoms with Gasteiger partial charge in [0.25, 0.3) is 0 Å². The zero-order chi connectivity index (χ0) is 24.1. The summed E-state index contributed by atoms with van der Waals surface area (Å²) in [5.74, 6) is 3.18. The molecule has 1 aromatic carbocycles. The van der Waals surface area contributed by atoms with Gasteiger partial charge in [-0.25, -0.2) is 15.0 Å². The topological polar surface area (TPSA) is 74.9 Å². The van der Waals surface area contributed by atoms with E-state index in [0.717, 1.165) is 98.5 Å². The van der Waals surface area contributed by atoms with Crippen LogP contribution < -0.4 is 14.7 Å². The van der Waals surface area contributed by atoms with E-state index < -0.39 is 0 Å². The molecule has 7 rings (SSSR count). The first-order valence-electron chi connectivity index (χ1n) is 13.2. The summed E-state index contributed by atoms with van der Waals surface area (Å²) < 4.78 is 7.69. The van der Waals surface area contributed by atoms with E-state index in [1.165, 1.54) is 18.4 Å². The van der Waals surface area contributed by atoms with Gasteiger partial charge in [0.2, 0.25) is 0 Å². The van der Waals surface area contributed by atoms with E-state index in [1.54, 1.807) is 6.33 Å². The second-order valence-electron chi connectivity index (χ2n) is 10.2. The third-order valence-electron chi connectivity index (χ3n) is 7.81. The molecule has 4 aromatic rings. The molecule has 0 bridgehead atoms. The quantitative estimate of drug-likeness (QED) is 0.434. The third-order valence-corrected chi connectivity index (χ3v) is 7.81. The summed E-state index contributed by atoms with van der Waals surface area (Å²) >= 11 is 0. The van der Waals surface area contributed by atoms with Gasteiger partial charge in [-0.15, -0.1) is 0 Å². The Labute approximate surface area is 210 Å². The Morgan fingerprint density at radius 3 is 2.61 bits per heavy atom. The smallest absolute Gasteiger partial charge is 0.160 e. The van der Waals surface area contributed by atoms with E-state index >= 15 is 0 Å². The maximum Gasteiger partial charge on any atom is 0.160 e. The van der Waals surface area contributed by atoms with Gasteiger partial charge in [0.05, 0.1) is 30.5 Å². The lowest BCUT2D eigenvalue weighted by Crippen LogP contribution is -2.40. The molecule has 0 N–H and O–H groups in total. The van der Waals surface area contributed by atoms with Crippen molar-refractivity contribution >= 4 is 34.0 Å². The predicted molar refractivity (Wildman–Crippen MR) is 141 cm³/mol. The van der Waals surface area contributed by atoms with Gasteiger partial charge >= 0.3 is 0 Å². The number of piperidine rings is 1. The molecule has 1 atom stereocenters. The van der Waals surface area contributed by atoms with Crippen molar-refractivity contribution in [1.29, 1.82) is 0 Å². The largest absolute Gasteiger partial charge is 0.378 e. The monoisotopic (exact) mass is 484 g/mol. The fourth-order valence-electron chi connectivity index (χ4n) is 5.73. The minimum Gasteiger partial charge on any atom is -0.378 e. The average molecular weight is 485 g/mol. The van der Waals surface area contributed by atoms with E-state index in [1.807, 2.05) is 0 Å². The van der Waals surface area contributed by atoms with Crippen molar-refractivity contribution < 1.29 is 4.74 Å². The average Bonchev–Trinajstić information content (AvgIpc) is 3.31. The van der Waals surface area contributed by atoms with Crippen LogP contribution in [0.4, 0.5) is 17.5 Å².